The Labute approximate surface area is 178 Å². The van der Waals surface area contributed by atoms with Crippen LogP contribution in [0.3, 0.4) is 0 Å². The van der Waals surface area contributed by atoms with E-state index in [1.165, 1.54) is 6.92 Å². The van der Waals surface area contributed by atoms with E-state index in [9.17, 15) is 9.90 Å². The number of aromatic hydroxyl groups is 1. The number of para-hydroxylation sites is 1. The van der Waals surface area contributed by atoms with Gasteiger partial charge in [-0.2, -0.15) is 0 Å². The summed E-state index contributed by atoms with van der Waals surface area (Å²) in [5.74, 6) is 2.88. The maximum atomic E-state index is 11.7. The number of ether oxygens (including phenoxy) is 1. The van der Waals surface area contributed by atoms with Crippen LogP contribution in [0.1, 0.15) is 57.4 Å². The zero-order valence-corrected chi connectivity index (χ0v) is 18.4. The fourth-order valence-corrected chi connectivity index (χ4v) is 3.96. The molecule has 8 nitrogen and oxygen atoms in total. The first kappa shape index (κ1) is 22.1. The second-order valence-corrected chi connectivity index (χ2v) is 8.23. The average molecular weight is 416 g/mol. The van der Waals surface area contributed by atoms with Crippen LogP contribution in [-0.2, 0) is 24.3 Å². The number of benzene rings is 1. The van der Waals surface area contributed by atoms with Crippen LogP contribution in [0, 0.1) is 5.92 Å². The topological polar surface area (TPSA) is 92.5 Å². The maximum absolute atomic E-state index is 11.7. The van der Waals surface area contributed by atoms with Crippen molar-refractivity contribution in [3.8, 4) is 11.5 Å². The number of hydrogen-bond donors (Lipinski definition) is 2. The minimum atomic E-state index is -0.137. The first-order valence-electron chi connectivity index (χ1n) is 10.7. The number of hydrogen-bond acceptors (Lipinski definition) is 6. The van der Waals surface area contributed by atoms with Crippen LogP contribution < -0.4 is 10.1 Å². The summed E-state index contributed by atoms with van der Waals surface area (Å²) in [6, 6.07) is 5.50. The van der Waals surface area contributed by atoms with Crippen LogP contribution in [0.4, 0.5) is 0 Å². The molecule has 0 saturated heterocycles. The zero-order chi connectivity index (χ0) is 21.7. The third-order valence-corrected chi connectivity index (χ3v) is 5.32. The Morgan fingerprint density at radius 1 is 1.27 bits per heavy atom. The molecule has 1 aliphatic rings. The standard InChI is InChI=1S/C22H33N5O3/c1-5-30-19-8-6-7-17(21(19)29)14-26-10-9-20-24-25-22(27(20)12-11-26)18(13-15(2)3)23-16(4)28/h6-8,15,18,29H,5,9-14H2,1-4H3,(H,23,28)/t18-/m0/s1. The molecule has 8 heteroatoms. The van der Waals surface area contributed by atoms with Crippen molar-refractivity contribution in [3.05, 3.63) is 35.4 Å². The van der Waals surface area contributed by atoms with Crippen molar-refractivity contribution < 1.29 is 14.6 Å². The summed E-state index contributed by atoms with van der Waals surface area (Å²) in [7, 11) is 0. The SMILES string of the molecule is CCOc1cccc(CN2CCc3nnc([C@H](CC(C)C)NC(C)=O)n3CC2)c1O. The highest BCUT2D eigenvalue weighted by molar-refractivity contribution is 5.73. The van der Waals surface area contributed by atoms with Gasteiger partial charge in [-0.15, -0.1) is 10.2 Å². The molecule has 1 aliphatic heterocycles. The molecule has 164 valence electrons. The number of nitrogens with one attached hydrogen (secondary N) is 1. The third-order valence-electron chi connectivity index (χ3n) is 5.32. The summed E-state index contributed by atoms with van der Waals surface area (Å²) in [4.78, 5) is 14.0. The maximum Gasteiger partial charge on any atom is 0.217 e. The second kappa shape index (κ2) is 9.93. The van der Waals surface area contributed by atoms with Gasteiger partial charge in [0.25, 0.3) is 0 Å². The molecular weight excluding hydrogens is 382 g/mol. The molecule has 1 amide bonds. The summed E-state index contributed by atoms with van der Waals surface area (Å²) in [6.07, 6.45) is 1.59. The van der Waals surface area contributed by atoms with E-state index >= 15 is 0 Å². The number of carbonyl (C=O) groups excluding carboxylic acids is 1. The van der Waals surface area contributed by atoms with E-state index in [2.05, 4.69) is 38.8 Å². The highest BCUT2D eigenvalue weighted by Gasteiger charge is 2.25. The lowest BCUT2D eigenvalue weighted by Crippen LogP contribution is -2.31. The molecule has 0 saturated carbocycles. The molecule has 1 aromatic heterocycles. The number of rotatable bonds is 8. The Balaban J connectivity index is 1.73. The van der Waals surface area contributed by atoms with Crippen LogP contribution in [-0.4, -0.2) is 50.4 Å². The zero-order valence-electron chi connectivity index (χ0n) is 18.4. The molecule has 0 bridgehead atoms. The van der Waals surface area contributed by atoms with E-state index in [0.29, 0.717) is 24.8 Å². The predicted octanol–water partition coefficient (Wildman–Crippen LogP) is 2.66. The van der Waals surface area contributed by atoms with Crippen molar-refractivity contribution in [2.24, 2.45) is 5.92 Å². The van der Waals surface area contributed by atoms with Gasteiger partial charge in [-0.3, -0.25) is 9.69 Å². The molecular formula is C22H33N5O3. The van der Waals surface area contributed by atoms with Crippen molar-refractivity contribution in [3.63, 3.8) is 0 Å². The number of phenolic OH excluding ortho intramolecular Hbond substituents is 1. The fourth-order valence-electron chi connectivity index (χ4n) is 3.96. The molecule has 2 aromatic rings. The van der Waals surface area contributed by atoms with Crippen molar-refractivity contribution >= 4 is 5.91 Å². The lowest BCUT2D eigenvalue weighted by atomic mass is 10.0. The second-order valence-electron chi connectivity index (χ2n) is 8.23. The summed E-state index contributed by atoms with van der Waals surface area (Å²) < 4.78 is 7.66. The normalized spacial score (nSPS) is 15.5. The number of fused-ring (bicyclic) bond motifs is 1. The van der Waals surface area contributed by atoms with E-state index in [0.717, 1.165) is 49.7 Å². The number of amides is 1. The third kappa shape index (κ3) is 5.30. The van der Waals surface area contributed by atoms with Gasteiger partial charge < -0.3 is 19.7 Å². The van der Waals surface area contributed by atoms with E-state index in [4.69, 9.17) is 4.74 Å². The summed E-state index contributed by atoms with van der Waals surface area (Å²) in [6.45, 7) is 11.3. The predicted molar refractivity (Wildman–Crippen MR) is 114 cm³/mol. The summed E-state index contributed by atoms with van der Waals surface area (Å²) in [5.41, 5.74) is 0.856. The molecule has 2 N–H and O–H groups in total. The van der Waals surface area contributed by atoms with Gasteiger partial charge >= 0.3 is 0 Å². The monoisotopic (exact) mass is 415 g/mol. The summed E-state index contributed by atoms with van der Waals surface area (Å²) >= 11 is 0. The van der Waals surface area contributed by atoms with Crippen molar-refractivity contribution in [1.29, 1.82) is 0 Å². The van der Waals surface area contributed by atoms with E-state index in [1.54, 1.807) is 6.07 Å². The van der Waals surface area contributed by atoms with Gasteiger partial charge in [0.1, 0.15) is 5.82 Å². The first-order valence-corrected chi connectivity index (χ1v) is 10.7. The molecule has 30 heavy (non-hydrogen) atoms. The lowest BCUT2D eigenvalue weighted by molar-refractivity contribution is -0.119. The highest BCUT2D eigenvalue weighted by atomic mass is 16.5. The Bertz CT molecular complexity index is 864. The van der Waals surface area contributed by atoms with Crippen LogP contribution in [0.15, 0.2) is 18.2 Å². The molecule has 0 spiro atoms. The smallest absolute Gasteiger partial charge is 0.217 e. The lowest BCUT2D eigenvalue weighted by Gasteiger charge is -2.22. The Morgan fingerprint density at radius 3 is 2.77 bits per heavy atom. The van der Waals surface area contributed by atoms with Crippen LogP contribution in [0.25, 0.3) is 0 Å². The molecule has 0 unspecified atom stereocenters. The minimum Gasteiger partial charge on any atom is -0.504 e. The van der Waals surface area contributed by atoms with Crippen molar-refractivity contribution in [2.75, 3.05) is 19.7 Å². The number of nitrogens with zero attached hydrogens (tertiary/aromatic N) is 4. The van der Waals surface area contributed by atoms with Gasteiger partial charge in [-0.05, 0) is 25.3 Å². The van der Waals surface area contributed by atoms with Crippen LogP contribution in [0.2, 0.25) is 0 Å². The van der Waals surface area contributed by atoms with Crippen molar-refractivity contribution in [2.45, 2.75) is 59.7 Å². The molecule has 1 atom stereocenters. The minimum absolute atomic E-state index is 0.0575. The number of carbonyl (C=O) groups is 1. The largest absolute Gasteiger partial charge is 0.504 e. The fraction of sp³-hybridized carbons (Fsp3) is 0.591. The number of phenols is 1. The average Bonchev–Trinajstić information content (AvgIpc) is 2.98. The Hall–Kier alpha value is -2.61. The van der Waals surface area contributed by atoms with Gasteiger partial charge in [0, 0.05) is 45.1 Å². The Kier molecular flexibility index (Phi) is 7.31. The first-order chi connectivity index (χ1) is 14.4. The van der Waals surface area contributed by atoms with Gasteiger partial charge in [-0.1, -0.05) is 26.0 Å². The quantitative estimate of drug-likeness (QED) is 0.689. The molecule has 0 aliphatic carbocycles. The Morgan fingerprint density at radius 2 is 2.07 bits per heavy atom. The van der Waals surface area contributed by atoms with E-state index in [1.807, 2.05) is 19.1 Å². The molecule has 3 rings (SSSR count). The number of aromatic nitrogens is 3. The molecule has 1 aromatic carbocycles. The van der Waals surface area contributed by atoms with E-state index in [-0.39, 0.29) is 17.7 Å². The molecule has 2 heterocycles. The van der Waals surface area contributed by atoms with Gasteiger partial charge in [0.05, 0.1) is 12.6 Å². The summed E-state index contributed by atoms with van der Waals surface area (Å²) in [5, 5.41) is 22.4. The van der Waals surface area contributed by atoms with Crippen molar-refractivity contribution in [1.82, 2.24) is 25.0 Å². The molecule has 0 fully saturated rings. The highest BCUT2D eigenvalue weighted by Crippen LogP contribution is 2.31. The van der Waals surface area contributed by atoms with Crippen LogP contribution >= 0.6 is 0 Å². The van der Waals surface area contributed by atoms with Crippen LogP contribution in [0.5, 0.6) is 11.5 Å². The van der Waals surface area contributed by atoms with E-state index < -0.39 is 0 Å². The van der Waals surface area contributed by atoms with Gasteiger partial charge in [0.15, 0.2) is 17.3 Å². The molecule has 0 radical (unpaired) electrons. The van der Waals surface area contributed by atoms with Gasteiger partial charge in [0.2, 0.25) is 5.91 Å². The van der Waals surface area contributed by atoms with Gasteiger partial charge in [-0.25, -0.2) is 0 Å².